The number of aryl methyl sites for hydroxylation is 2. The smallest absolute Gasteiger partial charge is 0.348 e. The van der Waals surface area contributed by atoms with Crippen LogP contribution in [0.5, 0.6) is 0 Å². The van der Waals surface area contributed by atoms with Gasteiger partial charge >= 0.3 is 6.18 Å². The number of carbonyl (C=O) groups is 1. The maximum absolute atomic E-state index is 12.7. The number of carbonyl (C=O) groups excluding carboxylic acids is 1. The molecule has 0 spiro atoms. The molecule has 0 bridgehead atoms. The molecular formula is C17H23F3N6O. The van der Waals surface area contributed by atoms with Crippen LogP contribution in [0.4, 0.5) is 13.2 Å². The Kier molecular flexibility index (Phi) is 5.00. The molecule has 1 saturated carbocycles. The second-order valence-electron chi connectivity index (χ2n) is 7.06. The second-order valence-corrected chi connectivity index (χ2v) is 7.06. The van der Waals surface area contributed by atoms with Gasteiger partial charge in [0.1, 0.15) is 12.4 Å². The van der Waals surface area contributed by atoms with Crippen molar-refractivity contribution >= 4 is 5.91 Å². The summed E-state index contributed by atoms with van der Waals surface area (Å²) in [6, 6.07) is 0.398. The molecule has 1 unspecified atom stereocenters. The van der Waals surface area contributed by atoms with E-state index in [2.05, 4.69) is 20.6 Å². The van der Waals surface area contributed by atoms with Crippen molar-refractivity contribution in [2.75, 3.05) is 0 Å². The lowest BCUT2D eigenvalue weighted by Crippen LogP contribution is -2.29. The minimum absolute atomic E-state index is 0.231. The SMILES string of the molecule is Cc1nn(CC(F)(F)F)c(C)c1C(C)C(=O)NCc1nnc(C)n1C1CC1. The first-order valence-corrected chi connectivity index (χ1v) is 8.87. The van der Waals surface area contributed by atoms with E-state index in [0.717, 1.165) is 23.3 Å². The van der Waals surface area contributed by atoms with Gasteiger partial charge in [0.25, 0.3) is 0 Å². The molecule has 27 heavy (non-hydrogen) atoms. The van der Waals surface area contributed by atoms with Gasteiger partial charge < -0.3 is 9.88 Å². The lowest BCUT2D eigenvalue weighted by molar-refractivity contribution is -0.143. The van der Waals surface area contributed by atoms with Crippen LogP contribution in [0.3, 0.4) is 0 Å². The van der Waals surface area contributed by atoms with Crippen molar-refractivity contribution in [2.45, 2.75) is 71.8 Å². The fourth-order valence-electron chi connectivity index (χ4n) is 3.45. The van der Waals surface area contributed by atoms with Crippen molar-refractivity contribution < 1.29 is 18.0 Å². The number of hydrogen-bond donors (Lipinski definition) is 1. The molecule has 0 saturated heterocycles. The van der Waals surface area contributed by atoms with Crippen molar-refractivity contribution in [3.05, 3.63) is 28.6 Å². The summed E-state index contributed by atoms with van der Waals surface area (Å²) in [6.07, 6.45) is -2.21. The summed E-state index contributed by atoms with van der Waals surface area (Å²) in [7, 11) is 0. The summed E-state index contributed by atoms with van der Waals surface area (Å²) in [4.78, 5) is 12.6. The molecule has 0 aliphatic heterocycles. The number of amides is 1. The van der Waals surface area contributed by atoms with Crippen molar-refractivity contribution in [3.8, 4) is 0 Å². The first kappa shape index (κ1) is 19.4. The van der Waals surface area contributed by atoms with Gasteiger partial charge in [0.05, 0.1) is 18.2 Å². The molecule has 0 aromatic carbocycles. The molecule has 1 aliphatic carbocycles. The van der Waals surface area contributed by atoms with Crippen LogP contribution in [0.15, 0.2) is 0 Å². The second kappa shape index (κ2) is 6.97. The topological polar surface area (TPSA) is 77.6 Å². The number of nitrogens with zero attached hydrogens (tertiary/aromatic N) is 5. The molecule has 0 radical (unpaired) electrons. The van der Waals surface area contributed by atoms with Gasteiger partial charge in [-0.3, -0.25) is 9.48 Å². The third kappa shape index (κ3) is 4.14. The fraction of sp³-hybridized carbons (Fsp3) is 0.647. The molecule has 2 heterocycles. The highest BCUT2D eigenvalue weighted by Gasteiger charge is 2.32. The summed E-state index contributed by atoms with van der Waals surface area (Å²) in [5.74, 6) is 0.604. The van der Waals surface area contributed by atoms with E-state index >= 15 is 0 Å². The molecule has 1 atom stereocenters. The molecule has 2 aromatic rings. The summed E-state index contributed by atoms with van der Waals surface area (Å²) in [5, 5.41) is 15.0. The maximum Gasteiger partial charge on any atom is 0.408 e. The van der Waals surface area contributed by atoms with Crippen molar-refractivity contribution in [3.63, 3.8) is 0 Å². The van der Waals surface area contributed by atoms with E-state index in [1.54, 1.807) is 20.8 Å². The first-order valence-electron chi connectivity index (χ1n) is 8.87. The normalized spacial score (nSPS) is 15.8. The van der Waals surface area contributed by atoms with E-state index in [0.29, 0.717) is 28.8 Å². The third-order valence-electron chi connectivity index (χ3n) is 4.86. The molecule has 1 fully saturated rings. The van der Waals surface area contributed by atoms with Gasteiger partial charge in [-0.1, -0.05) is 0 Å². The Morgan fingerprint density at radius 1 is 1.26 bits per heavy atom. The molecular weight excluding hydrogens is 361 g/mol. The Balaban J connectivity index is 1.71. The van der Waals surface area contributed by atoms with Gasteiger partial charge in [-0.05, 0) is 40.5 Å². The monoisotopic (exact) mass is 384 g/mol. The van der Waals surface area contributed by atoms with Gasteiger partial charge in [-0.25, -0.2) is 0 Å². The molecule has 10 heteroatoms. The minimum Gasteiger partial charge on any atom is -0.348 e. The number of hydrogen-bond acceptors (Lipinski definition) is 4. The zero-order chi connectivity index (χ0) is 19.9. The fourth-order valence-corrected chi connectivity index (χ4v) is 3.45. The van der Waals surface area contributed by atoms with E-state index in [9.17, 15) is 18.0 Å². The number of aromatic nitrogens is 5. The van der Waals surface area contributed by atoms with Crippen molar-refractivity contribution in [1.29, 1.82) is 0 Å². The minimum atomic E-state index is -4.36. The van der Waals surface area contributed by atoms with Gasteiger partial charge in [0.15, 0.2) is 5.82 Å². The van der Waals surface area contributed by atoms with Gasteiger partial charge in [-0.15, -0.1) is 10.2 Å². The molecule has 7 nitrogen and oxygen atoms in total. The van der Waals surface area contributed by atoms with Crippen LogP contribution in [0, 0.1) is 20.8 Å². The maximum atomic E-state index is 12.7. The Morgan fingerprint density at radius 3 is 2.52 bits per heavy atom. The van der Waals surface area contributed by atoms with Crippen LogP contribution in [-0.2, 0) is 17.9 Å². The zero-order valence-corrected chi connectivity index (χ0v) is 15.8. The van der Waals surface area contributed by atoms with E-state index in [4.69, 9.17) is 0 Å². The summed E-state index contributed by atoms with van der Waals surface area (Å²) < 4.78 is 41.0. The van der Waals surface area contributed by atoms with E-state index < -0.39 is 18.6 Å². The van der Waals surface area contributed by atoms with Gasteiger partial charge in [0, 0.05) is 17.3 Å². The highest BCUT2D eigenvalue weighted by molar-refractivity contribution is 5.83. The van der Waals surface area contributed by atoms with Crippen LogP contribution in [0.25, 0.3) is 0 Å². The van der Waals surface area contributed by atoms with Crippen molar-refractivity contribution in [2.24, 2.45) is 0 Å². The number of halogens is 3. The van der Waals surface area contributed by atoms with E-state index in [1.807, 2.05) is 11.5 Å². The van der Waals surface area contributed by atoms with Gasteiger partial charge in [0.2, 0.25) is 5.91 Å². The van der Waals surface area contributed by atoms with Crippen LogP contribution in [0.2, 0.25) is 0 Å². The molecule has 148 valence electrons. The van der Waals surface area contributed by atoms with E-state index in [1.165, 1.54) is 0 Å². The lowest BCUT2D eigenvalue weighted by atomic mass is 9.98. The third-order valence-corrected chi connectivity index (χ3v) is 4.86. The molecule has 1 N–H and O–H groups in total. The average Bonchev–Trinajstić information content (AvgIpc) is 3.27. The van der Waals surface area contributed by atoms with Gasteiger partial charge in [-0.2, -0.15) is 18.3 Å². The quantitative estimate of drug-likeness (QED) is 0.831. The molecule has 3 rings (SSSR count). The molecule has 1 amide bonds. The summed E-state index contributed by atoms with van der Waals surface area (Å²) >= 11 is 0. The van der Waals surface area contributed by atoms with Crippen LogP contribution in [-0.4, -0.2) is 36.6 Å². The van der Waals surface area contributed by atoms with E-state index in [-0.39, 0.29) is 12.5 Å². The van der Waals surface area contributed by atoms with Crippen LogP contribution >= 0.6 is 0 Å². The number of nitrogens with one attached hydrogen (secondary N) is 1. The predicted molar refractivity (Wildman–Crippen MR) is 91.0 cm³/mol. The lowest BCUT2D eigenvalue weighted by Gasteiger charge is -2.14. The summed E-state index contributed by atoms with van der Waals surface area (Å²) in [5.41, 5.74) is 1.30. The number of alkyl halides is 3. The highest BCUT2D eigenvalue weighted by atomic mass is 19.4. The largest absolute Gasteiger partial charge is 0.408 e. The standard InChI is InChI=1S/C17H23F3N6O/c1-9(15-10(2)24-25(11(15)3)8-17(18,19)20)16(27)21-7-14-23-22-12(4)26(14)13-5-6-13/h9,13H,5-8H2,1-4H3,(H,21,27). The molecule has 1 aliphatic rings. The van der Waals surface area contributed by atoms with Crippen molar-refractivity contribution in [1.82, 2.24) is 29.9 Å². The van der Waals surface area contributed by atoms with Crippen LogP contribution in [0.1, 0.15) is 60.3 Å². The predicted octanol–water partition coefficient (Wildman–Crippen LogP) is 2.72. The Morgan fingerprint density at radius 2 is 1.93 bits per heavy atom. The average molecular weight is 384 g/mol. The van der Waals surface area contributed by atoms with Crippen LogP contribution < -0.4 is 5.32 Å². The molecule has 2 aromatic heterocycles. The zero-order valence-electron chi connectivity index (χ0n) is 15.8. The Hall–Kier alpha value is -2.39. The highest BCUT2D eigenvalue weighted by Crippen LogP contribution is 2.36. The first-order chi connectivity index (χ1) is 12.6. The number of rotatable bonds is 6. The summed E-state index contributed by atoms with van der Waals surface area (Å²) in [6.45, 7) is 5.78. The Bertz CT molecular complexity index is 850. The Labute approximate surface area is 155 Å².